The average Bonchev–Trinajstić information content (AvgIpc) is 3.20. The number of nitrogens with zero attached hydrogens (tertiary/aromatic N) is 1. The van der Waals surface area contributed by atoms with Gasteiger partial charge in [0.15, 0.2) is 0 Å². The Morgan fingerprint density at radius 3 is 2.16 bits per heavy atom. The monoisotopic (exact) mass is 565 g/mol. The van der Waals surface area contributed by atoms with Gasteiger partial charge in [0, 0.05) is 54.8 Å². The predicted octanol–water partition coefficient (Wildman–Crippen LogP) is 4.02. The van der Waals surface area contributed by atoms with Crippen LogP contribution in [-0.2, 0) is 37.2 Å². The van der Waals surface area contributed by atoms with Gasteiger partial charge in [-0.2, -0.15) is 26.3 Å². The number of methoxy groups -OCH3 is 1. The van der Waals surface area contributed by atoms with Crippen LogP contribution in [0.3, 0.4) is 0 Å². The van der Waals surface area contributed by atoms with Gasteiger partial charge in [0.2, 0.25) is 11.4 Å². The van der Waals surface area contributed by atoms with Gasteiger partial charge in [0.1, 0.15) is 6.04 Å². The molecule has 0 aromatic heterocycles. The fraction of sp³-hybridized carbons (Fsp3) is 0.417. The summed E-state index contributed by atoms with van der Waals surface area (Å²) >= 11 is 0. The summed E-state index contributed by atoms with van der Waals surface area (Å²) in [6, 6.07) is 6.75. The van der Waals surface area contributed by atoms with E-state index < -0.39 is 65.3 Å². The Kier molecular flexibility index (Phi) is 8.58. The van der Waals surface area contributed by atoms with Gasteiger partial charge in [0.25, 0.3) is 5.91 Å². The minimum atomic E-state index is -5.75. The maximum atomic E-state index is 13.9. The van der Waals surface area contributed by atoms with Crippen molar-refractivity contribution in [2.45, 2.75) is 42.3 Å². The molecular formula is C24H25F6N3O4S. The number of carbonyl (C=O) groups excluding carboxylic acids is 2. The maximum absolute atomic E-state index is 13.9. The summed E-state index contributed by atoms with van der Waals surface area (Å²) in [7, 11) is -0.158. The highest BCUT2D eigenvalue weighted by Crippen LogP contribution is 2.50. The Morgan fingerprint density at radius 1 is 1.05 bits per heavy atom. The summed E-state index contributed by atoms with van der Waals surface area (Å²) in [5.41, 5.74) is -4.49. The number of hydrogen-bond acceptors (Lipinski definition) is 5. The van der Waals surface area contributed by atoms with Gasteiger partial charge in [-0.15, -0.1) is 0 Å². The van der Waals surface area contributed by atoms with Gasteiger partial charge in [-0.05, 0) is 41.0 Å². The van der Waals surface area contributed by atoms with E-state index in [0.717, 1.165) is 19.2 Å². The molecule has 1 aliphatic heterocycles. The quantitative estimate of drug-likeness (QED) is 0.373. The highest BCUT2D eigenvalue weighted by molar-refractivity contribution is 7.84. The van der Waals surface area contributed by atoms with Crippen molar-refractivity contribution in [2.24, 2.45) is 0 Å². The molecule has 208 valence electrons. The van der Waals surface area contributed by atoms with Crippen molar-refractivity contribution in [3.63, 3.8) is 0 Å². The van der Waals surface area contributed by atoms with E-state index in [1.807, 2.05) is 0 Å². The van der Waals surface area contributed by atoms with Crippen LogP contribution in [0.4, 0.5) is 32.0 Å². The van der Waals surface area contributed by atoms with Gasteiger partial charge >= 0.3 is 12.4 Å². The third-order valence-electron chi connectivity index (χ3n) is 6.18. The van der Waals surface area contributed by atoms with Crippen LogP contribution in [0.1, 0.15) is 29.7 Å². The van der Waals surface area contributed by atoms with Crippen molar-refractivity contribution in [1.29, 1.82) is 0 Å². The molecule has 7 nitrogen and oxygen atoms in total. The lowest BCUT2D eigenvalue weighted by atomic mass is 9.87. The van der Waals surface area contributed by atoms with Crippen LogP contribution in [0, 0.1) is 0 Å². The van der Waals surface area contributed by atoms with Crippen molar-refractivity contribution in [1.82, 2.24) is 10.2 Å². The Morgan fingerprint density at radius 2 is 1.66 bits per heavy atom. The van der Waals surface area contributed by atoms with E-state index in [-0.39, 0.29) is 12.2 Å². The molecule has 1 aliphatic rings. The molecule has 1 heterocycles. The number of carbonyl (C=O) groups is 2. The third-order valence-corrected chi connectivity index (χ3v) is 7.10. The van der Waals surface area contributed by atoms with Gasteiger partial charge in [-0.3, -0.25) is 19.1 Å². The van der Waals surface area contributed by atoms with Gasteiger partial charge in [-0.25, -0.2) is 0 Å². The summed E-state index contributed by atoms with van der Waals surface area (Å²) in [6.45, 7) is 0.195. The lowest BCUT2D eigenvalue weighted by Gasteiger charge is -2.38. The smallest absolute Gasteiger partial charge is 0.383 e. The molecule has 2 aromatic carbocycles. The first kappa shape index (κ1) is 29.6. The SMILES string of the molecule is COCCNC(c1ccc(NC(=O)C2c3ccc(S(C)=O)cc3CN2C(C)=O)cc1)(C(F)(F)F)C(F)(F)F. The lowest BCUT2D eigenvalue weighted by molar-refractivity contribution is -0.314. The molecule has 38 heavy (non-hydrogen) atoms. The van der Waals surface area contributed by atoms with Crippen LogP contribution in [0.15, 0.2) is 47.4 Å². The van der Waals surface area contributed by atoms with E-state index in [1.165, 1.54) is 18.1 Å². The van der Waals surface area contributed by atoms with Crippen LogP contribution in [0.25, 0.3) is 0 Å². The molecule has 2 N–H and O–H groups in total. The van der Waals surface area contributed by atoms with E-state index in [1.54, 1.807) is 23.5 Å². The first-order chi connectivity index (χ1) is 17.6. The molecule has 0 saturated heterocycles. The number of nitrogens with one attached hydrogen (secondary N) is 2. The largest absolute Gasteiger partial charge is 0.419 e. The normalized spacial score (nSPS) is 16.8. The van der Waals surface area contributed by atoms with E-state index in [4.69, 9.17) is 0 Å². The number of fused-ring (bicyclic) bond motifs is 1. The molecule has 0 fully saturated rings. The fourth-order valence-electron chi connectivity index (χ4n) is 4.33. The van der Waals surface area contributed by atoms with Gasteiger partial charge in [-0.1, -0.05) is 18.2 Å². The zero-order chi connectivity index (χ0) is 28.5. The molecule has 0 radical (unpaired) electrons. The average molecular weight is 566 g/mol. The molecule has 0 aliphatic carbocycles. The van der Waals surface area contributed by atoms with Crippen LogP contribution >= 0.6 is 0 Å². The Balaban J connectivity index is 1.92. The van der Waals surface area contributed by atoms with Crippen molar-refractivity contribution in [3.8, 4) is 0 Å². The van der Waals surface area contributed by atoms with Gasteiger partial charge in [0.05, 0.1) is 6.61 Å². The highest BCUT2D eigenvalue weighted by Gasteiger charge is 2.71. The lowest BCUT2D eigenvalue weighted by Crippen LogP contribution is -2.63. The molecule has 2 unspecified atom stereocenters. The zero-order valence-corrected chi connectivity index (χ0v) is 21.3. The molecule has 0 spiro atoms. The van der Waals surface area contributed by atoms with Crippen LogP contribution in [0.2, 0.25) is 0 Å². The summed E-state index contributed by atoms with van der Waals surface area (Å²) in [5.74, 6) is -1.15. The second-order valence-electron chi connectivity index (χ2n) is 8.60. The van der Waals surface area contributed by atoms with Crippen molar-refractivity contribution >= 4 is 28.3 Å². The summed E-state index contributed by atoms with van der Waals surface area (Å²) < 4.78 is 99.7. The number of anilines is 1. The second kappa shape index (κ2) is 11.0. The van der Waals surface area contributed by atoms with Crippen LogP contribution in [0.5, 0.6) is 0 Å². The zero-order valence-electron chi connectivity index (χ0n) is 20.5. The first-order valence-electron chi connectivity index (χ1n) is 11.2. The van der Waals surface area contributed by atoms with Crippen molar-refractivity contribution in [3.05, 3.63) is 59.2 Å². The van der Waals surface area contributed by atoms with Crippen molar-refractivity contribution in [2.75, 3.05) is 31.8 Å². The van der Waals surface area contributed by atoms with E-state index in [2.05, 4.69) is 10.1 Å². The third kappa shape index (κ3) is 5.57. The molecular weight excluding hydrogens is 540 g/mol. The first-order valence-corrected chi connectivity index (χ1v) is 12.7. The van der Waals surface area contributed by atoms with E-state index in [9.17, 15) is 40.1 Å². The molecule has 0 saturated carbocycles. The highest BCUT2D eigenvalue weighted by atomic mass is 32.2. The number of halogens is 6. The Hall–Kier alpha value is -2.97. The minimum Gasteiger partial charge on any atom is -0.383 e. The van der Waals surface area contributed by atoms with Gasteiger partial charge < -0.3 is 15.0 Å². The maximum Gasteiger partial charge on any atom is 0.419 e. The van der Waals surface area contributed by atoms with Crippen molar-refractivity contribution < 1.29 is 44.9 Å². The Labute approximate surface area is 217 Å². The predicted molar refractivity (Wildman–Crippen MR) is 126 cm³/mol. The summed E-state index contributed by atoms with van der Waals surface area (Å²) in [6.07, 6.45) is -10.0. The number of alkyl halides is 6. The summed E-state index contributed by atoms with van der Waals surface area (Å²) in [5, 5.41) is 4.01. The molecule has 2 atom stereocenters. The van der Waals surface area contributed by atoms with Crippen LogP contribution < -0.4 is 10.6 Å². The number of amides is 2. The van der Waals surface area contributed by atoms with E-state index >= 15 is 0 Å². The Bertz CT molecular complexity index is 1200. The molecule has 0 bridgehead atoms. The summed E-state index contributed by atoms with van der Waals surface area (Å²) in [4.78, 5) is 27.1. The number of hydrogen-bond donors (Lipinski definition) is 2. The number of ether oxygens (including phenoxy) is 1. The molecule has 2 amide bonds. The number of rotatable bonds is 8. The van der Waals surface area contributed by atoms with E-state index in [0.29, 0.717) is 28.2 Å². The minimum absolute atomic E-state index is 0.0690. The molecule has 3 rings (SSSR count). The standard InChI is InChI=1S/C24H25F6N3O4S/c1-14(34)33-13-15-12-18(38(3)36)8-9-19(15)20(33)21(35)32-17-6-4-16(5-7-17)22(23(25,26)27,24(28,29)30)31-10-11-37-2/h4-9,12,20,31H,10-11,13H2,1-3H3,(H,32,35). The topological polar surface area (TPSA) is 87.7 Å². The second-order valence-corrected chi connectivity index (χ2v) is 9.98. The fourth-order valence-corrected chi connectivity index (χ4v) is 4.90. The number of benzene rings is 2. The molecule has 14 heteroatoms. The molecule has 2 aromatic rings. The van der Waals surface area contributed by atoms with Crippen LogP contribution in [-0.4, -0.2) is 59.8 Å².